The van der Waals surface area contributed by atoms with E-state index in [1.54, 1.807) is 12.4 Å². The van der Waals surface area contributed by atoms with E-state index in [1.807, 2.05) is 31.2 Å². The van der Waals surface area contributed by atoms with Crippen molar-refractivity contribution in [3.05, 3.63) is 70.6 Å². The van der Waals surface area contributed by atoms with Crippen LogP contribution >= 0.6 is 11.6 Å². The molecule has 0 saturated carbocycles. The van der Waals surface area contributed by atoms with Crippen molar-refractivity contribution < 1.29 is 0 Å². The highest BCUT2D eigenvalue weighted by atomic mass is 35.5. The lowest BCUT2D eigenvalue weighted by Gasteiger charge is -2.18. The van der Waals surface area contributed by atoms with E-state index in [0.717, 1.165) is 27.7 Å². The molecule has 1 aromatic carbocycles. The van der Waals surface area contributed by atoms with Gasteiger partial charge in [0, 0.05) is 23.5 Å². The van der Waals surface area contributed by atoms with Gasteiger partial charge in [0.1, 0.15) is 0 Å². The first-order valence-corrected chi connectivity index (χ1v) is 6.99. The third-order valence-corrected chi connectivity index (χ3v) is 3.78. The molecule has 0 amide bonds. The number of halogens is 1. The van der Waals surface area contributed by atoms with Crippen molar-refractivity contribution in [3.8, 4) is 0 Å². The Morgan fingerprint density at radius 1 is 1.19 bits per heavy atom. The number of hydrogen-bond donors (Lipinski definition) is 2. The maximum atomic E-state index is 6.22. The molecular weight excluding hydrogens is 284 g/mol. The molecule has 21 heavy (non-hydrogen) atoms. The van der Waals surface area contributed by atoms with E-state index in [9.17, 15) is 0 Å². The Morgan fingerprint density at radius 3 is 2.81 bits per heavy atom. The smallest absolute Gasteiger partial charge is 0.0725 e. The summed E-state index contributed by atoms with van der Waals surface area (Å²) in [6.45, 7) is 1.98. The van der Waals surface area contributed by atoms with E-state index < -0.39 is 0 Å². The Hall–Kier alpha value is -2.01. The summed E-state index contributed by atoms with van der Waals surface area (Å²) < 4.78 is 0. The van der Waals surface area contributed by atoms with Crippen LogP contribution in [0.15, 0.2) is 48.8 Å². The maximum absolute atomic E-state index is 6.22. The first kappa shape index (κ1) is 13.9. The predicted molar refractivity (Wildman–Crippen MR) is 84.9 cm³/mol. The maximum Gasteiger partial charge on any atom is 0.0725 e. The minimum atomic E-state index is -0.189. The van der Waals surface area contributed by atoms with Crippen LogP contribution in [-0.2, 0) is 0 Å². The zero-order chi connectivity index (χ0) is 14.8. The number of benzene rings is 1. The van der Waals surface area contributed by atoms with Crippen molar-refractivity contribution in [1.29, 1.82) is 0 Å². The largest absolute Gasteiger partial charge is 0.271 e. The van der Waals surface area contributed by atoms with Gasteiger partial charge in [-0.2, -0.15) is 0 Å². The Bertz CT molecular complexity index is 788. The van der Waals surface area contributed by atoms with Gasteiger partial charge in [-0.05, 0) is 42.3 Å². The van der Waals surface area contributed by atoms with Gasteiger partial charge in [0.2, 0.25) is 0 Å². The van der Waals surface area contributed by atoms with Gasteiger partial charge in [0.15, 0.2) is 0 Å². The highest BCUT2D eigenvalue weighted by Gasteiger charge is 2.16. The predicted octanol–water partition coefficient (Wildman–Crippen LogP) is 3.14. The normalized spacial score (nSPS) is 12.5. The molecule has 0 radical (unpaired) electrons. The summed E-state index contributed by atoms with van der Waals surface area (Å²) in [5, 5.41) is 1.66. The van der Waals surface area contributed by atoms with Gasteiger partial charge in [0.25, 0.3) is 0 Å². The van der Waals surface area contributed by atoms with E-state index in [1.165, 1.54) is 0 Å². The molecule has 2 heterocycles. The van der Waals surface area contributed by atoms with Gasteiger partial charge >= 0.3 is 0 Å². The van der Waals surface area contributed by atoms with Crippen molar-refractivity contribution >= 4 is 22.5 Å². The summed E-state index contributed by atoms with van der Waals surface area (Å²) in [5.74, 6) is 5.73. The molecule has 0 fully saturated rings. The molecular formula is C16H15ClN4. The third kappa shape index (κ3) is 2.74. The molecule has 4 nitrogen and oxygen atoms in total. The Labute approximate surface area is 128 Å². The Kier molecular flexibility index (Phi) is 3.84. The van der Waals surface area contributed by atoms with Gasteiger partial charge in [0.05, 0.1) is 16.6 Å². The minimum Gasteiger partial charge on any atom is -0.271 e. The molecule has 106 valence electrons. The second kappa shape index (κ2) is 5.77. The molecule has 0 bridgehead atoms. The molecule has 3 rings (SSSR count). The minimum absolute atomic E-state index is 0.189. The summed E-state index contributed by atoms with van der Waals surface area (Å²) >= 11 is 6.22. The number of pyridine rings is 2. The number of aromatic nitrogens is 2. The summed E-state index contributed by atoms with van der Waals surface area (Å²) in [5.41, 5.74) is 6.72. The summed E-state index contributed by atoms with van der Waals surface area (Å²) in [6.07, 6.45) is 3.32. The number of hydrazine groups is 1. The fourth-order valence-electron chi connectivity index (χ4n) is 2.41. The van der Waals surface area contributed by atoms with Crippen LogP contribution in [0.5, 0.6) is 0 Å². The summed E-state index contributed by atoms with van der Waals surface area (Å²) in [7, 11) is 0. The highest BCUT2D eigenvalue weighted by molar-refractivity contribution is 6.31. The first-order chi connectivity index (χ1) is 10.2. The quantitative estimate of drug-likeness (QED) is 0.576. The molecule has 0 aliphatic heterocycles. The van der Waals surface area contributed by atoms with E-state index in [-0.39, 0.29) is 6.04 Å². The second-order valence-corrected chi connectivity index (χ2v) is 5.31. The van der Waals surface area contributed by atoms with Crippen molar-refractivity contribution in [1.82, 2.24) is 15.4 Å². The van der Waals surface area contributed by atoms with E-state index in [2.05, 4.69) is 27.5 Å². The van der Waals surface area contributed by atoms with Gasteiger partial charge in [-0.15, -0.1) is 0 Å². The van der Waals surface area contributed by atoms with Crippen molar-refractivity contribution in [2.24, 2.45) is 5.84 Å². The molecule has 2 aromatic heterocycles. The van der Waals surface area contributed by atoms with E-state index in [4.69, 9.17) is 17.4 Å². The standard InChI is InChI=1S/C16H15ClN4/c1-10-2-3-11-8-12(4-5-15(11)20-10)16(21-18)13-6-7-19-9-14(13)17/h2-9,16,21H,18H2,1H3. The van der Waals surface area contributed by atoms with Crippen LogP contribution in [0.2, 0.25) is 5.02 Å². The van der Waals surface area contributed by atoms with Crippen LogP contribution in [0.1, 0.15) is 22.9 Å². The Balaban J connectivity index is 2.09. The lowest BCUT2D eigenvalue weighted by atomic mass is 9.98. The second-order valence-electron chi connectivity index (χ2n) is 4.90. The van der Waals surface area contributed by atoms with Crippen LogP contribution < -0.4 is 11.3 Å². The molecule has 0 aliphatic carbocycles. The van der Waals surface area contributed by atoms with Crippen LogP contribution in [0, 0.1) is 6.92 Å². The van der Waals surface area contributed by atoms with Gasteiger partial charge in [-0.3, -0.25) is 15.8 Å². The van der Waals surface area contributed by atoms with Crippen molar-refractivity contribution in [2.75, 3.05) is 0 Å². The first-order valence-electron chi connectivity index (χ1n) is 6.62. The number of fused-ring (bicyclic) bond motifs is 1. The van der Waals surface area contributed by atoms with E-state index in [0.29, 0.717) is 5.02 Å². The summed E-state index contributed by atoms with van der Waals surface area (Å²) in [4.78, 5) is 8.51. The van der Waals surface area contributed by atoms with Crippen LogP contribution in [0.3, 0.4) is 0 Å². The number of nitrogens with zero attached hydrogens (tertiary/aromatic N) is 2. The lowest BCUT2D eigenvalue weighted by Crippen LogP contribution is -2.29. The third-order valence-electron chi connectivity index (χ3n) is 3.47. The van der Waals surface area contributed by atoms with Crippen molar-refractivity contribution in [2.45, 2.75) is 13.0 Å². The van der Waals surface area contributed by atoms with Crippen LogP contribution in [-0.4, -0.2) is 9.97 Å². The number of hydrogen-bond acceptors (Lipinski definition) is 4. The molecule has 3 aromatic rings. The van der Waals surface area contributed by atoms with Crippen LogP contribution in [0.25, 0.3) is 10.9 Å². The number of nitrogens with two attached hydrogens (primary N) is 1. The average molecular weight is 299 g/mol. The molecule has 1 atom stereocenters. The molecule has 0 aliphatic rings. The highest BCUT2D eigenvalue weighted by Crippen LogP contribution is 2.28. The van der Waals surface area contributed by atoms with E-state index >= 15 is 0 Å². The fourth-order valence-corrected chi connectivity index (χ4v) is 2.64. The fraction of sp³-hybridized carbons (Fsp3) is 0.125. The number of rotatable bonds is 3. The summed E-state index contributed by atoms with van der Waals surface area (Å²) in [6, 6.07) is 11.8. The van der Waals surface area contributed by atoms with Crippen LogP contribution in [0.4, 0.5) is 0 Å². The lowest BCUT2D eigenvalue weighted by molar-refractivity contribution is 0.637. The van der Waals surface area contributed by atoms with Gasteiger partial charge in [-0.1, -0.05) is 23.7 Å². The molecule has 5 heteroatoms. The van der Waals surface area contributed by atoms with Gasteiger partial charge < -0.3 is 0 Å². The van der Waals surface area contributed by atoms with Crippen molar-refractivity contribution in [3.63, 3.8) is 0 Å². The topological polar surface area (TPSA) is 63.8 Å². The molecule has 0 spiro atoms. The van der Waals surface area contributed by atoms with Gasteiger partial charge in [-0.25, -0.2) is 5.43 Å². The SMILES string of the molecule is Cc1ccc2cc(C(NN)c3ccncc3Cl)ccc2n1. The zero-order valence-corrected chi connectivity index (χ0v) is 12.3. The Morgan fingerprint density at radius 2 is 2.05 bits per heavy atom. The average Bonchev–Trinajstić information content (AvgIpc) is 2.50. The zero-order valence-electron chi connectivity index (χ0n) is 11.5. The molecule has 1 unspecified atom stereocenters. The molecule has 0 saturated heterocycles. The number of nitrogens with one attached hydrogen (secondary N) is 1. The monoisotopic (exact) mass is 298 g/mol. The number of aryl methyl sites for hydroxylation is 1. The molecule has 3 N–H and O–H groups in total.